The van der Waals surface area contributed by atoms with Crippen LogP contribution in [0.15, 0.2) is 36.4 Å². The van der Waals surface area contributed by atoms with Crippen LogP contribution in [0.3, 0.4) is 0 Å². The van der Waals surface area contributed by atoms with Crippen molar-refractivity contribution in [2.75, 3.05) is 16.8 Å². The monoisotopic (exact) mass is 429 g/mol. The molecule has 6 rings (SSSR count). The highest BCUT2D eigenvalue weighted by Crippen LogP contribution is 2.60. The first-order valence-corrected chi connectivity index (χ1v) is 11.6. The van der Waals surface area contributed by atoms with E-state index in [0.717, 1.165) is 53.7 Å². The molecule has 32 heavy (non-hydrogen) atoms. The number of fused-ring (bicyclic) bond motifs is 7. The van der Waals surface area contributed by atoms with Gasteiger partial charge in [0.2, 0.25) is 17.7 Å². The van der Waals surface area contributed by atoms with Gasteiger partial charge >= 0.3 is 0 Å². The molecular weight excluding hydrogens is 402 g/mol. The van der Waals surface area contributed by atoms with Gasteiger partial charge in [-0.3, -0.25) is 19.3 Å². The van der Waals surface area contributed by atoms with Gasteiger partial charge in [0.05, 0.1) is 17.5 Å². The van der Waals surface area contributed by atoms with Crippen LogP contribution in [-0.2, 0) is 26.3 Å². The van der Waals surface area contributed by atoms with Crippen molar-refractivity contribution in [3.8, 4) is 0 Å². The molecule has 4 aliphatic heterocycles. The van der Waals surface area contributed by atoms with Gasteiger partial charge in [-0.25, -0.2) is 4.90 Å². The fourth-order valence-electron chi connectivity index (χ4n) is 6.80. The van der Waals surface area contributed by atoms with E-state index >= 15 is 0 Å². The van der Waals surface area contributed by atoms with Crippen molar-refractivity contribution in [2.45, 2.75) is 51.6 Å². The number of nitrogens with one attached hydrogen (secondary N) is 1. The Hall–Kier alpha value is -2.99. The first-order chi connectivity index (χ1) is 15.4. The van der Waals surface area contributed by atoms with Crippen molar-refractivity contribution in [3.63, 3.8) is 0 Å². The van der Waals surface area contributed by atoms with Crippen molar-refractivity contribution >= 4 is 29.1 Å². The molecule has 0 bridgehead atoms. The minimum atomic E-state index is -1.10. The molecule has 2 aromatic carbocycles. The Balaban J connectivity index is 1.56. The fourth-order valence-corrected chi connectivity index (χ4v) is 6.80. The quantitative estimate of drug-likeness (QED) is 0.744. The van der Waals surface area contributed by atoms with E-state index < -0.39 is 17.4 Å². The molecule has 0 unspecified atom stereocenters. The summed E-state index contributed by atoms with van der Waals surface area (Å²) in [6, 6.07) is 11.8. The van der Waals surface area contributed by atoms with Crippen LogP contribution in [0.5, 0.6) is 0 Å². The summed E-state index contributed by atoms with van der Waals surface area (Å²) < 4.78 is 0. The maximum atomic E-state index is 14.0. The standard InChI is InChI=1S/C26H27N3O3/c1-4-16-7-8-19-18(13-16)26(25(32)27-19)22-21(20-6-5-9-28(20)26)23(30)29(24(22)31)17-11-14(2)10-15(3)12-17/h7-8,10-13,20-22H,4-6,9H2,1-3H3,(H,27,32)/t20-,21-,22+,26-/m1/s1. The van der Waals surface area contributed by atoms with E-state index in [-0.39, 0.29) is 23.8 Å². The van der Waals surface area contributed by atoms with Gasteiger partial charge in [0.1, 0.15) is 5.54 Å². The van der Waals surface area contributed by atoms with E-state index in [4.69, 9.17) is 0 Å². The topological polar surface area (TPSA) is 69.7 Å². The molecule has 4 heterocycles. The van der Waals surface area contributed by atoms with Gasteiger partial charge in [0.25, 0.3) is 0 Å². The number of carbonyl (C=O) groups excluding carboxylic acids is 3. The number of rotatable bonds is 2. The fraction of sp³-hybridized carbons (Fsp3) is 0.423. The van der Waals surface area contributed by atoms with Crippen LogP contribution in [0.2, 0.25) is 0 Å². The number of amides is 3. The lowest BCUT2D eigenvalue weighted by Crippen LogP contribution is -2.54. The molecule has 0 radical (unpaired) electrons. The highest BCUT2D eigenvalue weighted by atomic mass is 16.2. The summed E-state index contributed by atoms with van der Waals surface area (Å²) in [6.45, 7) is 6.75. The molecule has 3 fully saturated rings. The van der Waals surface area contributed by atoms with Crippen LogP contribution in [0.1, 0.15) is 42.0 Å². The zero-order valence-electron chi connectivity index (χ0n) is 18.6. The van der Waals surface area contributed by atoms with Crippen molar-refractivity contribution < 1.29 is 14.4 Å². The average Bonchev–Trinajstić information content (AvgIpc) is 3.45. The Kier molecular flexibility index (Phi) is 4.01. The van der Waals surface area contributed by atoms with Crippen LogP contribution in [-0.4, -0.2) is 35.2 Å². The van der Waals surface area contributed by atoms with E-state index in [1.807, 2.05) is 44.2 Å². The van der Waals surface area contributed by atoms with Gasteiger partial charge in [-0.2, -0.15) is 0 Å². The Labute approximate surface area is 187 Å². The molecule has 164 valence electrons. The number of hydrogen-bond acceptors (Lipinski definition) is 4. The predicted molar refractivity (Wildman–Crippen MR) is 121 cm³/mol. The van der Waals surface area contributed by atoms with Crippen LogP contribution in [0.25, 0.3) is 0 Å². The number of imide groups is 1. The zero-order valence-corrected chi connectivity index (χ0v) is 18.6. The average molecular weight is 430 g/mol. The van der Waals surface area contributed by atoms with Crippen molar-refractivity contribution in [3.05, 3.63) is 58.7 Å². The van der Waals surface area contributed by atoms with Gasteiger partial charge in [0, 0.05) is 17.3 Å². The van der Waals surface area contributed by atoms with Gasteiger partial charge in [-0.05, 0) is 74.5 Å². The van der Waals surface area contributed by atoms with Crippen molar-refractivity contribution in [2.24, 2.45) is 11.8 Å². The molecule has 4 atom stereocenters. The highest BCUT2D eigenvalue weighted by Gasteiger charge is 2.74. The molecule has 0 aliphatic carbocycles. The molecule has 3 saturated heterocycles. The maximum Gasteiger partial charge on any atom is 0.250 e. The molecule has 0 aromatic heterocycles. The van der Waals surface area contributed by atoms with Gasteiger partial charge in [-0.15, -0.1) is 0 Å². The molecule has 1 N–H and O–H groups in total. The molecule has 3 amide bonds. The van der Waals surface area contributed by atoms with Crippen molar-refractivity contribution in [1.82, 2.24) is 4.90 Å². The summed E-state index contributed by atoms with van der Waals surface area (Å²) in [4.78, 5) is 45.1. The largest absolute Gasteiger partial charge is 0.324 e. The normalized spacial score (nSPS) is 30.8. The third-order valence-corrected chi connectivity index (χ3v) is 7.93. The summed E-state index contributed by atoms with van der Waals surface area (Å²) >= 11 is 0. The Morgan fingerprint density at radius 3 is 2.50 bits per heavy atom. The lowest BCUT2D eigenvalue weighted by molar-refractivity contribution is -0.135. The SMILES string of the molecule is CCc1ccc2c(c1)[C@]1(C(=O)N2)[C@@H]2C(=O)N(c3cc(C)cc(C)c3)C(=O)[C@@H]2[C@H]2CCCN21. The molecule has 6 nitrogen and oxygen atoms in total. The first kappa shape index (κ1) is 19.7. The summed E-state index contributed by atoms with van der Waals surface area (Å²) in [5.74, 6) is -1.76. The highest BCUT2D eigenvalue weighted by molar-refractivity contribution is 6.25. The molecule has 2 aromatic rings. The van der Waals surface area contributed by atoms with Crippen LogP contribution in [0.4, 0.5) is 11.4 Å². The van der Waals surface area contributed by atoms with Gasteiger partial charge in [0.15, 0.2) is 0 Å². The second-order valence-electron chi connectivity index (χ2n) is 9.72. The second-order valence-corrected chi connectivity index (χ2v) is 9.72. The zero-order chi connectivity index (χ0) is 22.4. The van der Waals surface area contributed by atoms with Crippen molar-refractivity contribution in [1.29, 1.82) is 0 Å². The summed E-state index contributed by atoms with van der Waals surface area (Å²) in [6.07, 6.45) is 2.60. The van der Waals surface area contributed by atoms with Crippen LogP contribution < -0.4 is 10.2 Å². The molecule has 0 saturated carbocycles. The maximum absolute atomic E-state index is 14.0. The number of carbonyl (C=O) groups is 3. The van der Waals surface area contributed by atoms with E-state index in [2.05, 4.69) is 23.2 Å². The van der Waals surface area contributed by atoms with E-state index in [1.165, 1.54) is 4.90 Å². The Morgan fingerprint density at radius 1 is 1.03 bits per heavy atom. The number of hydrogen-bond donors (Lipinski definition) is 1. The summed E-state index contributed by atoms with van der Waals surface area (Å²) in [5, 5.41) is 3.05. The van der Waals surface area contributed by atoms with Crippen LogP contribution >= 0.6 is 0 Å². The summed E-state index contributed by atoms with van der Waals surface area (Å²) in [7, 11) is 0. The van der Waals surface area contributed by atoms with Gasteiger partial charge < -0.3 is 5.32 Å². The molecule has 1 spiro atoms. The Morgan fingerprint density at radius 2 is 1.78 bits per heavy atom. The third kappa shape index (κ3) is 2.26. The first-order valence-electron chi connectivity index (χ1n) is 11.6. The molecular formula is C26H27N3O3. The minimum absolute atomic E-state index is 0.0886. The lowest BCUT2D eigenvalue weighted by atomic mass is 9.75. The summed E-state index contributed by atoms with van der Waals surface area (Å²) in [5.41, 5.74) is 4.28. The van der Waals surface area contributed by atoms with Gasteiger partial charge in [-0.1, -0.05) is 25.1 Å². The Bertz CT molecular complexity index is 1180. The number of anilines is 2. The number of nitrogens with zero attached hydrogens (tertiary/aromatic N) is 2. The number of aryl methyl sites for hydroxylation is 3. The minimum Gasteiger partial charge on any atom is -0.324 e. The number of benzene rings is 2. The second kappa shape index (κ2) is 6.51. The van der Waals surface area contributed by atoms with E-state index in [0.29, 0.717) is 5.69 Å². The lowest BCUT2D eigenvalue weighted by Gasteiger charge is -2.36. The smallest absolute Gasteiger partial charge is 0.250 e. The molecule has 4 aliphatic rings. The van der Waals surface area contributed by atoms with E-state index in [9.17, 15) is 14.4 Å². The van der Waals surface area contributed by atoms with Crippen LogP contribution in [0, 0.1) is 25.7 Å². The predicted octanol–water partition coefficient (Wildman–Crippen LogP) is 3.30. The van der Waals surface area contributed by atoms with E-state index in [1.54, 1.807) is 0 Å². The third-order valence-electron chi connectivity index (χ3n) is 7.93. The molecule has 6 heteroatoms.